The summed E-state index contributed by atoms with van der Waals surface area (Å²) < 4.78 is 19.8. The molecule has 0 radical (unpaired) electrons. The highest BCUT2D eigenvalue weighted by Crippen LogP contribution is 2.19. The van der Waals surface area contributed by atoms with Crippen molar-refractivity contribution < 1.29 is 14.2 Å². The summed E-state index contributed by atoms with van der Waals surface area (Å²) in [6, 6.07) is 4.87. The molecule has 0 bridgehead atoms. The molecule has 1 aromatic carbocycles. The van der Waals surface area contributed by atoms with Gasteiger partial charge in [-0.05, 0) is 18.2 Å². The van der Waals surface area contributed by atoms with E-state index < -0.39 is 0 Å². The second-order valence-corrected chi connectivity index (χ2v) is 5.03. The Morgan fingerprint density at radius 3 is 3.12 bits per heavy atom. The van der Waals surface area contributed by atoms with Gasteiger partial charge in [-0.3, -0.25) is 4.90 Å². The van der Waals surface area contributed by atoms with Gasteiger partial charge in [0.25, 0.3) is 0 Å². The Morgan fingerprint density at radius 2 is 2.35 bits per heavy atom. The zero-order valence-corrected chi connectivity index (χ0v) is 11.0. The average Bonchev–Trinajstić information content (AvgIpc) is 2.34. The van der Waals surface area contributed by atoms with Crippen LogP contribution < -0.4 is 0 Å². The molecule has 0 aromatic heterocycles. The van der Waals surface area contributed by atoms with Crippen LogP contribution >= 0.6 is 15.9 Å². The highest BCUT2D eigenvalue weighted by molar-refractivity contribution is 9.10. The fourth-order valence-electron chi connectivity index (χ4n) is 1.95. The second kappa shape index (κ2) is 5.91. The number of ether oxygens (including phenoxy) is 1. The van der Waals surface area contributed by atoms with E-state index in [1.807, 2.05) is 4.90 Å². The Bertz CT molecular complexity index is 389. The summed E-state index contributed by atoms with van der Waals surface area (Å²) in [5.74, 6) is -0.212. The summed E-state index contributed by atoms with van der Waals surface area (Å²) in [5.41, 5.74) is 0.639. The average molecular weight is 304 g/mol. The number of halogens is 2. The molecule has 0 saturated carbocycles. The fourth-order valence-corrected chi connectivity index (χ4v) is 2.36. The highest BCUT2D eigenvalue weighted by atomic mass is 79.9. The van der Waals surface area contributed by atoms with Crippen molar-refractivity contribution in [2.45, 2.75) is 12.6 Å². The molecular formula is C12H15BrFNO2. The molecule has 2 rings (SSSR count). The lowest BCUT2D eigenvalue weighted by Gasteiger charge is -2.34. The van der Waals surface area contributed by atoms with Crippen LogP contribution in [0.1, 0.15) is 5.56 Å². The van der Waals surface area contributed by atoms with Crippen LogP contribution in [-0.2, 0) is 11.3 Å². The maximum atomic E-state index is 13.6. The van der Waals surface area contributed by atoms with Crippen LogP contribution in [0.15, 0.2) is 22.7 Å². The van der Waals surface area contributed by atoms with Crippen molar-refractivity contribution in [3.05, 3.63) is 34.1 Å². The zero-order chi connectivity index (χ0) is 12.3. The van der Waals surface area contributed by atoms with Gasteiger partial charge in [-0.1, -0.05) is 15.9 Å². The van der Waals surface area contributed by atoms with E-state index >= 15 is 0 Å². The molecule has 1 heterocycles. The molecule has 5 heteroatoms. The molecule has 1 saturated heterocycles. The van der Waals surface area contributed by atoms with Gasteiger partial charge in [0.05, 0.1) is 25.9 Å². The molecule has 0 aliphatic carbocycles. The Morgan fingerprint density at radius 1 is 1.53 bits per heavy atom. The van der Waals surface area contributed by atoms with Gasteiger partial charge in [0.1, 0.15) is 5.82 Å². The minimum absolute atomic E-state index is 0.0373. The maximum absolute atomic E-state index is 13.6. The SMILES string of the molecule is OCC1COCCN1Cc1cc(Br)ccc1F. The molecule has 0 spiro atoms. The number of aliphatic hydroxyl groups is 1. The Hall–Kier alpha value is -0.490. The molecule has 1 aliphatic heterocycles. The molecule has 1 atom stereocenters. The molecular weight excluding hydrogens is 289 g/mol. The van der Waals surface area contributed by atoms with Crippen molar-refractivity contribution >= 4 is 15.9 Å². The maximum Gasteiger partial charge on any atom is 0.127 e. The molecule has 0 amide bonds. The number of benzene rings is 1. The molecule has 17 heavy (non-hydrogen) atoms. The lowest BCUT2D eigenvalue weighted by molar-refractivity contribution is -0.0316. The van der Waals surface area contributed by atoms with Gasteiger partial charge in [-0.2, -0.15) is 0 Å². The number of aliphatic hydroxyl groups excluding tert-OH is 1. The predicted molar refractivity (Wildman–Crippen MR) is 66.2 cm³/mol. The first-order valence-electron chi connectivity index (χ1n) is 5.57. The largest absolute Gasteiger partial charge is 0.395 e. The molecule has 1 N–H and O–H groups in total. The lowest BCUT2D eigenvalue weighted by Crippen LogP contribution is -2.46. The van der Waals surface area contributed by atoms with Crippen molar-refractivity contribution in [2.24, 2.45) is 0 Å². The Kier molecular flexibility index (Phi) is 4.50. The molecule has 3 nitrogen and oxygen atoms in total. The topological polar surface area (TPSA) is 32.7 Å². The van der Waals surface area contributed by atoms with Crippen LogP contribution in [0.5, 0.6) is 0 Å². The van der Waals surface area contributed by atoms with Crippen molar-refractivity contribution in [1.82, 2.24) is 4.90 Å². The van der Waals surface area contributed by atoms with Crippen LogP contribution in [0.4, 0.5) is 4.39 Å². The van der Waals surface area contributed by atoms with Crippen LogP contribution in [0.25, 0.3) is 0 Å². The van der Waals surface area contributed by atoms with Gasteiger partial charge in [0.15, 0.2) is 0 Å². The van der Waals surface area contributed by atoms with Crippen LogP contribution in [0.3, 0.4) is 0 Å². The standard InChI is InChI=1S/C12H15BrFNO2/c13-10-1-2-12(14)9(5-10)6-15-3-4-17-8-11(15)7-16/h1-2,5,11,16H,3-4,6-8H2. The summed E-state index contributed by atoms with van der Waals surface area (Å²) in [4.78, 5) is 2.05. The summed E-state index contributed by atoms with van der Waals surface area (Å²) in [6.07, 6.45) is 0. The van der Waals surface area contributed by atoms with Gasteiger partial charge in [-0.15, -0.1) is 0 Å². The lowest BCUT2D eigenvalue weighted by atomic mass is 10.1. The van der Waals surface area contributed by atoms with E-state index in [0.29, 0.717) is 25.3 Å². The summed E-state index contributed by atoms with van der Waals surface area (Å²) in [7, 11) is 0. The molecule has 1 aromatic rings. The van der Waals surface area contributed by atoms with E-state index in [-0.39, 0.29) is 18.5 Å². The number of hydrogen-bond donors (Lipinski definition) is 1. The van der Waals surface area contributed by atoms with Gasteiger partial charge in [-0.25, -0.2) is 4.39 Å². The van der Waals surface area contributed by atoms with E-state index in [2.05, 4.69) is 15.9 Å². The Labute approximate surface area is 108 Å². The monoisotopic (exact) mass is 303 g/mol. The summed E-state index contributed by atoms with van der Waals surface area (Å²) >= 11 is 3.33. The van der Waals surface area contributed by atoms with Gasteiger partial charge >= 0.3 is 0 Å². The third kappa shape index (κ3) is 3.25. The van der Waals surface area contributed by atoms with E-state index in [9.17, 15) is 9.50 Å². The number of morpholine rings is 1. The minimum Gasteiger partial charge on any atom is -0.395 e. The van der Waals surface area contributed by atoms with Crippen LogP contribution in [0.2, 0.25) is 0 Å². The first-order chi connectivity index (χ1) is 8.20. The van der Waals surface area contributed by atoms with E-state index in [4.69, 9.17) is 4.74 Å². The third-order valence-electron chi connectivity index (χ3n) is 2.94. The van der Waals surface area contributed by atoms with Crippen LogP contribution in [-0.4, -0.2) is 42.4 Å². The van der Waals surface area contributed by atoms with Crippen molar-refractivity contribution in [3.63, 3.8) is 0 Å². The van der Waals surface area contributed by atoms with E-state index in [0.717, 1.165) is 11.0 Å². The quantitative estimate of drug-likeness (QED) is 0.924. The van der Waals surface area contributed by atoms with Gasteiger partial charge in [0.2, 0.25) is 0 Å². The van der Waals surface area contributed by atoms with Gasteiger partial charge < -0.3 is 9.84 Å². The van der Waals surface area contributed by atoms with E-state index in [1.165, 1.54) is 6.07 Å². The molecule has 94 valence electrons. The minimum atomic E-state index is -0.212. The first kappa shape index (κ1) is 13.0. The molecule has 1 fully saturated rings. The summed E-state index contributed by atoms with van der Waals surface area (Å²) in [5, 5.41) is 9.24. The zero-order valence-electron chi connectivity index (χ0n) is 9.40. The van der Waals surface area contributed by atoms with Crippen molar-refractivity contribution in [1.29, 1.82) is 0 Å². The first-order valence-corrected chi connectivity index (χ1v) is 6.36. The highest BCUT2D eigenvalue weighted by Gasteiger charge is 2.23. The molecule has 1 unspecified atom stereocenters. The van der Waals surface area contributed by atoms with Crippen molar-refractivity contribution in [2.75, 3.05) is 26.4 Å². The smallest absolute Gasteiger partial charge is 0.127 e. The number of hydrogen-bond acceptors (Lipinski definition) is 3. The third-order valence-corrected chi connectivity index (χ3v) is 3.43. The molecule has 1 aliphatic rings. The van der Waals surface area contributed by atoms with Gasteiger partial charge in [0, 0.05) is 23.1 Å². The van der Waals surface area contributed by atoms with Crippen LogP contribution in [0, 0.1) is 5.82 Å². The normalized spacial score (nSPS) is 21.7. The number of nitrogens with zero attached hydrogens (tertiary/aromatic N) is 1. The van der Waals surface area contributed by atoms with E-state index in [1.54, 1.807) is 12.1 Å². The van der Waals surface area contributed by atoms with Crippen molar-refractivity contribution in [3.8, 4) is 0 Å². The summed E-state index contributed by atoms with van der Waals surface area (Å²) in [6.45, 7) is 2.39. The second-order valence-electron chi connectivity index (χ2n) is 4.12. The fraction of sp³-hybridized carbons (Fsp3) is 0.500. The number of rotatable bonds is 3. The predicted octanol–water partition coefficient (Wildman–Crippen LogP) is 1.78. The Balaban J connectivity index is 2.10.